The maximum Gasteiger partial charge on any atom is 0.152 e. The van der Waals surface area contributed by atoms with Crippen LogP contribution in [0.1, 0.15) is 5.56 Å². The summed E-state index contributed by atoms with van der Waals surface area (Å²) < 4.78 is 31.5. The molecule has 0 atom stereocenters. The molecule has 0 radical (unpaired) electrons. The third-order valence-corrected chi connectivity index (χ3v) is 2.77. The van der Waals surface area contributed by atoms with Gasteiger partial charge in [-0.25, -0.2) is 8.78 Å². The van der Waals surface area contributed by atoms with Crippen LogP contribution in [-0.2, 0) is 6.61 Å². The zero-order chi connectivity index (χ0) is 13.1. The van der Waals surface area contributed by atoms with Crippen LogP contribution in [0.5, 0.6) is 5.75 Å². The zero-order valence-electron chi connectivity index (χ0n) is 9.29. The highest BCUT2D eigenvalue weighted by atomic mass is 35.5. The van der Waals surface area contributed by atoms with Crippen LogP contribution in [0.4, 0.5) is 14.5 Å². The van der Waals surface area contributed by atoms with Crippen molar-refractivity contribution in [3.05, 3.63) is 58.6 Å². The first-order chi connectivity index (χ1) is 8.58. The van der Waals surface area contributed by atoms with Gasteiger partial charge in [0.05, 0.1) is 0 Å². The molecule has 0 spiro atoms. The van der Waals surface area contributed by atoms with E-state index in [1.807, 2.05) is 0 Å². The molecule has 0 saturated carbocycles. The lowest BCUT2D eigenvalue weighted by Gasteiger charge is -2.10. The lowest BCUT2D eigenvalue weighted by Crippen LogP contribution is -2.02. The number of halogens is 3. The molecule has 0 aromatic heterocycles. The lowest BCUT2D eigenvalue weighted by molar-refractivity contribution is 0.305. The number of ether oxygens (including phenoxy) is 1. The van der Waals surface area contributed by atoms with Crippen LogP contribution >= 0.6 is 11.6 Å². The van der Waals surface area contributed by atoms with Crippen LogP contribution in [0.25, 0.3) is 0 Å². The molecule has 2 nitrogen and oxygen atoms in total. The first kappa shape index (κ1) is 12.6. The van der Waals surface area contributed by atoms with Gasteiger partial charge in [0.1, 0.15) is 23.9 Å². The number of benzene rings is 2. The average molecular weight is 270 g/mol. The predicted octanol–water partition coefficient (Wildman–Crippen LogP) is 3.78. The summed E-state index contributed by atoms with van der Waals surface area (Å²) in [5.41, 5.74) is 5.95. The molecule has 2 aromatic rings. The van der Waals surface area contributed by atoms with Gasteiger partial charge < -0.3 is 10.5 Å². The minimum absolute atomic E-state index is 0.0348. The van der Waals surface area contributed by atoms with E-state index >= 15 is 0 Å². The Morgan fingerprint density at radius 1 is 1.17 bits per heavy atom. The van der Waals surface area contributed by atoms with Gasteiger partial charge in [-0.2, -0.15) is 0 Å². The van der Waals surface area contributed by atoms with Crippen molar-refractivity contribution in [3.63, 3.8) is 0 Å². The van der Waals surface area contributed by atoms with Gasteiger partial charge in [-0.1, -0.05) is 29.8 Å². The van der Waals surface area contributed by atoms with Gasteiger partial charge in [0.2, 0.25) is 0 Å². The van der Waals surface area contributed by atoms with Crippen LogP contribution in [0.15, 0.2) is 36.4 Å². The molecule has 18 heavy (non-hydrogen) atoms. The second kappa shape index (κ2) is 5.23. The molecule has 2 rings (SSSR count). The van der Waals surface area contributed by atoms with E-state index < -0.39 is 11.6 Å². The van der Waals surface area contributed by atoms with Crippen molar-refractivity contribution >= 4 is 17.3 Å². The van der Waals surface area contributed by atoms with Crippen LogP contribution in [0, 0.1) is 11.6 Å². The van der Waals surface area contributed by atoms with E-state index in [-0.39, 0.29) is 18.0 Å². The molecule has 94 valence electrons. The number of hydrogen-bond donors (Lipinski definition) is 1. The van der Waals surface area contributed by atoms with Crippen molar-refractivity contribution in [2.75, 3.05) is 5.73 Å². The Bertz CT molecular complexity index is 575. The molecule has 0 aliphatic heterocycles. The number of nitrogen functional groups attached to an aromatic ring is 1. The summed E-state index contributed by atoms with van der Waals surface area (Å²) in [7, 11) is 0. The second-order valence-corrected chi connectivity index (χ2v) is 4.09. The van der Waals surface area contributed by atoms with Crippen LogP contribution in [0.3, 0.4) is 0 Å². The number of hydrogen-bond acceptors (Lipinski definition) is 2. The van der Waals surface area contributed by atoms with Crippen molar-refractivity contribution in [2.45, 2.75) is 6.61 Å². The Morgan fingerprint density at radius 2 is 1.89 bits per heavy atom. The summed E-state index contributed by atoms with van der Waals surface area (Å²) in [6.07, 6.45) is 0. The van der Waals surface area contributed by atoms with E-state index in [1.54, 1.807) is 24.3 Å². The predicted molar refractivity (Wildman–Crippen MR) is 66.6 cm³/mol. The maximum atomic E-state index is 13.2. The fourth-order valence-corrected chi connectivity index (χ4v) is 1.64. The average Bonchev–Trinajstić information content (AvgIpc) is 2.33. The quantitative estimate of drug-likeness (QED) is 0.861. The summed E-state index contributed by atoms with van der Waals surface area (Å²) in [4.78, 5) is 0. The molecule has 0 aliphatic carbocycles. The SMILES string of the molecule is Nc1c(F)cc(F)cc1OCc1ccccc1Cl. The van der Waals surface area contributed by atoms with E-state index in [2.05, 4.69) is 0 Å². The lowest BCUT2D eigenvalue weighted by atomic mass is 10.2. The molecule has 0 saturated heterocycles. The molecule has 2 N–H and O–H groups in total. The van der Waals surface area contributed by atoms with Crippen LogP contribution in [0.2, 0.25) is 5.02 Å². The minimum atomic E-state index is -0.843. The normalized spacial score (nSPS) is 10.4. The van der Waals surface area contributed by atoms with Gasteiger partial charge in [-0.15, -0.1) is 0 Å². The first-order valence-electron chi connectivity index (χ1n) is 5.18. The largest absolute Gasteiger partial charge is 0.486 e. The molecule has 0 aliphatic rings. The van der Waals surface area contributed by atoms with Gasteiger partial charge in [-0.05, 0) is 6.07 Å². The van der Waals surface area contributed by atoms with Gasteiger partial charge in [0.15, 0.2) is 5.82 Å². The fraction of sp³-hybridized carbons (Fsp3) is 0.0769. The monoisotopic (exact) mass is 269 g/mol. The topological polar surface area (TPSA) is 35.2 Å². The van der Waals surface area contributed by atoms with E-state index in [0.717, 1.165) is 6.07 Å². The molecule has 0 fully saturated rings. The number of nitrogens with two attached hydrogens (primary N) is 1. The van der Waals surface area contributed by atoms with Crippen LogP contribution in [-0.4, -0.2) is 0 Å². The van der Waals surface area contributed by atoms with Gasteiger partial charge in [-0.3, -0.25) is 0 Å². The number of anilines is 1. The summed E-state index contributed by atoms with van der Waals surface area (Å²) >= 11 is 5.93. The van der Waals surface area contributed by atoms with Crippen molar-refractivity contribution in [3.8, 4) is 5.75 Å². The molecule has 0 amide bonds. The van der Waals surface area contributed by atoms with Crippen molar-refractivity contribution in [2.24, 2.45) is 0 Å². The van der Waals surface area contributed by atoms with E-state index in [0.29, 0.717) is 16.7 Å². The van der Waals surface area contributed by atoms with E-state index in [9.17, 15) is 8.78 Å². The first-order valence-corrected chi connectivity index (χ1v) is 5.56. The van der Waals surface area contributed by atoms with Gasteiger partial charge in [0, 0.05) is 22.7 Å². The molecule has 5 heteroatoms. The Morgan fingerprint density at radius 3 is 2.61 bits per heavy atom. The highest BCUT2D eigenvalue weighted by molar-refractivity contribution is 6.31. The summed E-state index contributed by atoms with van der Waals surface area (Å²) in [5, 5.41) is 0.521. The standard InChI is InChI=1S/C13H10ClF2NO/c14-10-4-2-1-3-8(10)7-18-12-6-9(15)5-11(16)13(12)17/h1-6H,7,17H2. The van der Waals surface area contributed by atoms with Crippen LogP contribution < -0.4 is 10.5 Å². The molecule has 2 aromatic carbocycles. The summed E-state index contributed by atoms with van der Waals surface area (Å²) in [5.74, 6) is -1.62. The molecule has 0 bridgehead atoms. The fourth-order valence-electron chi connectivity index (χ4n) is 1.45. The molecular weight excluding hydrogens is 260 g/mol. The molecular formula is C13H10ClF2NO. The highest BCUT2D eigenvalue weighted by Crippen LogP contribution is 2.27. The third-order valence-electron chi connectivity index (χ3n) is 2.40. The Hall–Kier alpha value is -1.81. The second-order valence-electron chi connectivity index (χ2n) is 3.68. The van der Waals surface area contributed by atoms with Gasteiger partial charge >= 0.3 is 0 Å². The number of rotatable bonds is 3. The third kappa shape index (κ3) is 2.71. The van der Waals surface area contributed by atoms with E-state index in [4.69, 9.17) is 22.1 Å². The molecule has 0 unspecified atom stereocenters. The Labute approximate surface area is 108 Å². The highest BCUT2D eigenvalue weighted by Gasteiger charge is 2.10. The van der Waals surface area contributed by atoms with Crippen molar-refractivity contribution in [1.82, 2.24) is 0 Å². The van der Waals surface area contributed by atoms with E-state index in [1.165, 1.54) is 0 Å². The Balaban J connectivity index is 2.18. The van der Waals surface area contributed by atoms with Gasteiger partial charge in [0.25, 0.3) is 0 Å². The molecule has 0 heterocycles. The minimum Gasteiger partial charge on any atom is -0.486 e. The zero-order valence-corrected chi connectivity index (χ0v) is 10.0. The smallest absolute Gasteiger partial charge is 0.152 e. The van der Waals surface area contributed by atoms with Crippen molar-refractivity contribution in [1.29, 1.82) is 0 Å². The van der Waals surface area contributed by atoms with Crippen molar-refractivity contribution < 1.29 is 13.5 Å². The maximum absolute atomic E-state index is 13.2. The summed E-state index contributed by atoms with van der Waals surface area (Å²) in [6, 6.07) is 8.78. The summed E-state index contributed by atoms with van der Waals surface area (Å²) in [6.45, 7) is 0.0900. The Kier molecular flexibility index (Phi) is 3.67.